The highest BCUT2D eigenvalue weighted by atomic mass is 19.4. The molecule has 0 atom stereocenters. The Hall–Kier alpha value is -2.65. The van der Waals surface area contributed by atoms with Gasteiger partial charge in [-0.1, -0.05) is 0 Å². The molecule has 0 spiro atoms. The van der Waals surface area contributed by atoms with E-state index in [1.54, 1.807) is 24.0 Å². The average Bonchev–Trinajstić information content (AvgIpc) is 2.90. The van der Waals surface area contributed by atoms with Gasteiger partial charge in [-0.15, -0.1) is 0 Å². The van der Waals surface area contributed by atoms with Crippen molar-refractivity contribution in [2.75, 3.05) is 12.4 Å². The zero-order valence-corrected chi connectivity index (χ0v) is 12.2. The molecule has 6 nitrogen and oxygen atoms in total. The Bertz CT molecular complexity index is 670. The molecule has 0 aliphatic rings. The predicted octanol–water partition coefficient (Wildman–Crippen LogP) is 2.45. The van der Waals surface area contributed by atoms with Crippen LogP contribution in [0.15, 0.2) is 24.7 Å². The van der Waals surface area contributed by atoms with Gasteiger partial charge >= 0.3 is 12.1 Å². The lowest BCUT2D eigenvalue weighted by Gasteiger charge is -2.02. The highest BCUT2D eigenvalue weighted by molar-refractivity contribution is 5.73. The molecule has 2 heterocycles. The normalized spacial score (nSPS) is 10.7. The maximum Gasteiger partial charge on any atom is 0.490 e. The second-order valence-corrected chi connectivity index (χ2v) is 4.39. The maximum atomic E-state index is 13.2. The van der Waals surface area contributed by atoms with Gasteiger partial charge in [-0.2, -0.15) is 18.3 Å². The number of hydrogen-bond acceptors (Lipinski definition) is 4. The zero-order chi connectivity index (χ0) is 17.6. The minimum absolute atomic E-state index is 0.279. The molecule has 0 amide bonds. The number of carboxylic acids is 1. The number of hydrogen-bond donors (Lipinski definition) is 2. The first-order valence-corrected chi connectivity index (χ1v) is 6.25. The molecule has 10 heteroatoms. The van der Waals surface area contributed by atoms with Crippen LogP contribution >= 0.6 is 0 Å². The first-order valence-electron chi connectivity index (χ1n) is 6.25. The molecule has 0 aromatic carbocycles. The monoisotopic (exact) mass is 334 g/mol. The zero-order valence-electron chi connectivity index (χ0n) is 12.2. The summed E-state index contributed by atoms with van der Waals surface area (Å²) in [6, 6.07) is 1.49. The van der Waals surface area contributed by atoms with Crippen LogP contribution in [0.3, 0.4) is 0 Å². The number of rotatable bonds is 3. The largest absolute Gasteiger partial charge is 0.490 e. The lowest BCUT2D eigenvalue weighted by Crippen LogP contribution is -2.21. The van der Waals surface area contributed by atoms with Crippen LogP contribution in [0.4, 0.5) is 23.2 Å². The van der Waals surface area contributed by atoms with Crippen LogP contribution in [-0.2, 0) is 11.3 Å². The van der Waals surface area contributed by atoms with Gasteiger partial charge in [0.05, 0.1) is 24.1 Å². The van der Waals surface area contributed by atoms with Gasteiger partial charge in [0.25, 0.3) is 0 Å². The molecular formula is C13H14F4N4O2. The third-order valence-electron chi connectivity index (χ3n) is 2.59. The summed E-state index contributed by atoms with van der Waals surface area (Å²) in [5, 5.41) is 14.2. The molecule has 0 unspecified atom stereocenters. The molecule has 2 aromatic heterocycles. The number of aromatic nitrogens is 3. The van der Waals surface area contributed by atoms with Crippen molar-refractivity contribution in [3.05, 3.63) is 41.7 Å². The van der Waals surface area contributed by atoms with Crippen molar-refractivity contribution in [3.8, 4) is 0 Å². The number of anilines is 1. The summed E-state index contributed by atoms with van der Waals surface area (Å²) < 4.78 is 46.7. The Morgan fingerprint density at radius 2 is 2.00 bits per heavy atom. The first kappa shape index (κ1) is 18.4. The molecule has 0 radical (unpaired) electrons. The molecule has 2 rings (SSSR count). The van der Waals surface area contributed by atoms with E-state index in [1.807, 2.05) is 13.2 Å². The van der Waals surface area contributed by atoms with E-state index in [-0.39, 0.29) is 5.82 Å². The predicted molar refractivity (Wildman–Crippen MR) is 73.5 cm³/mol. The average molecular weight is 334 g/mol. The lowest BCUT2D eigenvalue weighted by atomic mass is 10.2. The summed E-state index contributed by atoms with van der Waals surface area (Å²) in [6.45, 7) is 2.16. The number of aryl methyl sites for hydroxylation is 1. The first-order chi connectivity index (χ1) is 10.6. The SMILES string of the molecule is CNc1cnn(Cc2cnc(C)c(F)c2)c1.O=C(O)C(F)(F)F. The quantitative estimate of drug-likeness (QED) is 0.843. The second-order valence-electron chi connectivity index (χ2n) is 4.39. The van der Waals surface area contributed by atoms with Gasteiger partial charge in [-0.05, 0) is 18.6 Å². The van der Waals surface area contributed by atoms with Crippen molar-refractivity contribution >= 4 is 11.7 Å². The summed E-state index contributed by atoms with van der Waals surface area (Å²) in [4.78, 5) is 12.9. The Balaban J connectivity index is 0.000000322. The molecule has 2 aromatic rings. The van der Waals surface area contributed by atoms with Crippen LogP contribution in [0.2, 0.25) is 0 Å². The molecular weight excluding hydrogens is 320 g/mol. The van der Waals surface area contributed by atoms with Crippen LogP contribution in [0, 0.1) is 12.7 Å². The number of carbonyl (C=O) groups is 1. The van der Waals surface area contributed by atoms with E-state index in [4.69, 9.17) is 9.90 Å². The van der Waals surface area contributed by atoms with Crippen molar-refractivity contribution in [3.63, 3.8) is 0 Å². The third-order valence-corrected chi connectivity index (χ3v) is 2.59. The van der Waals surface area contributed by atoms with Gasteiger partial charge in [0, 0.05) is 19.4 Å². The van der Waals surface area contributed by atoms with Crippen LogP contribution < -0.4 is 5.32 Å². The van der Waals surface area contributed by atoms with Gasteiger partial charge < -0.3 is 10.4 Å². The Labute approximate surface area is 128 Å². The van der Waals surface area contributed by atoms with Crippen molar-refractivity contribution in [1.29, 1.82) is 0 Å². The topological polar surface area (TPSA) is 80.0 Å². The molecule has 0 bridgehead atoms. The van der Waals surface area contributed by atoms with E-state index < -0.39 is 12.1 Å². The number of carboxylic acid groups (broad SMARTS) is 1. The minimum Gasteiger partial charge on any atom is -0.475 e. The number of nitrogens with one attached hydrogen (secondary N) is 1. The molecule has 0 saturated heterocycles. The highest BCUT2D eigenvalue weighted by Gasteiger charge is 2.38. The lowest BCUT2D eigenvalue weighted by molar-refractivity contribution is -0.192. The van der Waals surface area contributed by atoms with Gasteiger partial charge in [-0.3, -0.25) is 9.67 Å². The summed E-state index contributed by atoms with van der Waals surface area (Å²) in [7, 11) is 1.83. The number of aliphatic carboxylic acids is 1. The number of halogens is 4. The highest BCUT2D eigenvalue weighted by Crippen LogP contribution is 2.13. The third kappa shape index (κ3) is 5.93. The number of alkyl halides is 3. The fourth-order valence-corrected chi connectivity index (χ4v) is 1.40. The van der Waals surface area contributed by atoms with Crippen LogP contribution in [-0.4, -0.2) is 39.1 Å². The summed E-state index contributed by atoms with van der Waals surface area (Å²) in [6.07, 6.45) is 0.162. The Kier molecular flexibility index (Phi) is 6.05. The molecule has 0 saturated carbocycles. The van der Waals surface area contributed by atoms with Crippen molar-refractivity contribution in [1.82, 2.24) is 14.8 Å². The number of nitrogens with zero attached hydrogens (tertiary/aromatic N) is 3. The Morgan fingerprint density at radius 3 is 2.43 bits per heavy atom. The molecule has 23 heavy (non-hydrogen) atoms. The van der Waals surface area contributed by atoms with Crippen LogP contribution in [0.5, 0.6) is 0 Å². The van der Waals surface area contributed by atoms with Gasteiger partial charge in [0.15, 0.2) is 0 Å². The van der Waals surface area contributed by atoms with Gasteiger partial charge in [0.2, 0.25) is 0 Å². The van der Waals surface area contributed by atoms with Crippen molar-refractivity contribution in [2.24, 2.45) is 0 Å². The van der Waals surface area contributed by atoms with Gasteiger partial charge in [-0.25, -0.2) is 9.18 Å². The van der Waals surface area contributed by atoms with Crippen LogP contribution in [0.25, 0.3) is 0 Å². The fraction of sp³-hybridized carbons (Fsp3) is 0.308. The Morgan fingerprint density at radius 1 is 1.39 bits per heavy atom. The van der Waals surface area contributed by atoms with Crippen molar-refractivity contribution in [2.45, 2.75) is 19.6 Å². The van der Waals surface area contributed by atoms with E-state index >= 15 is 0 Å². The summed E-state index contributed by atoms with van der Waals surface area (Å²) in [5.41, 5.74) is 2.15. The van der Waals surface area contributed by atoms with E-state index in [2.05, 4.69) is 15.4 Å². The molecule has 0 fully saturated rings. The smallest absolute Gasteiger partial charge is 0.475 e. The maximum absolute atomic E-state index is 13.2. The standard InChI is InChI=1S/C11H13FN4.C2HF3O2/c1-8-11(12)3-9(4-14-8)6-16-7-10(13-2)5-15-16;3-2(4,5)1(6)7/h3-5,7,13H,6H2,1-2H3;(H,6,7). The fourth-order valence-electron chi connectivity index (χ4n) is 1.40. The van der Waals surface area contributed by atoms with Crippen molar-refractivity contribution < 1.29 is 27.5 Å². The molecule has 0 aliphatic heterocycles. The van der Waals surface area contributed by atoms with E-state index in [0.717, 1.165) is 11.3 Å². The summed E-state index contributed by atoms with van der Waals surface area (Å²) >= 11 is 0. The minimum atomic E-state index is -5.08. The molecule has 0 aliphatic carbocycles. The number of pyridine rings is 1. The van der Waals surface area contributed by atoms with E-state index in [9.17, 15) is 17.6 Å². The molecule has 2 N–H and O–H groups in total. The summed E-state index contributed by atoms with van der Waals surface area (Å²) in [5.74, 6) is -3.04. The van der Waals surface area contributed by atoms with Gasteiger partial charge in [0.1, 0.15) is 5.82 Å². The second kappa shape index (κ2) is 7.56. The molecule has 126 valence electrons. The van der Waals surface area contributed by atoms with Crippen LogP contribution in [0.1, 0.15) is 11.3 Å². The van der Waals surface area contributed by atoms with E-state index in [1.165, 1.54) is 6.07 Å². The van der Waals surface area contributed by atoms with E-state index in [0.29, 0.717) is 12.2 Å².